The summed E-state index contributed by atoms with van der Waals surface area (Å²) in [5.41, 5.74) is -0.245. The fourth-order valence-corrected chi connectivity index (χ4v) is 3.93. The van der Waals surface area contributed by atoms with Crippen molar-refractivity contribution in [2.24, 2.45) is 5.92 Å². The number of rotatable bonds is 8. The number of hydrogen-bond acceptors (Lipinski definition) is 5. The molecule has 142 valence electrons. The predicted molar refractivity (Wildman–Crippen MR) is 107 cm³/mol. The summed E-state index contributed by atoms with van der Waals surface area (Å²) in [6.07, 6.45) is 3.78. The lowest BCUT2D eigenvalue weighted by Gasteiger charge is -2.22. The molecule has 1 heterocycles. The molecule has 1 unspecified atom stereocenters. The fraction of sp³-hybridized carbons (Fsp3) is 0.500. The molecule has 1 aromatic carbocycles. The Bertz CT molecular complexity index is 945. The molecule has 1 saturated carbocycles. The van der Waals surface area contributed by atoms with Gasteiger partial charge in [-0.15, -0.1) is 0 Å². The molecular weight excluding hydrogens is 360 g/mol. The molecule has 0 bridgehead atoms. The van der Waals surface area contributed by atoms with Crippen molar-refractivity contribution in [1.29, 1.82) is 5.26 Å². The summed E-state index contributed by atoms with van der Waals surface area (Å²) in [7, 11) is 0. The van der Waals surface area contributed by atoms with E-state index < -0.39 is 5.54 Å². The van der Waals surface area contributed by atoms with Gasteiger partial charge in [-0.2, -0.15) is 5.26 Å². The minimum absolute atomic E-state index is 0.0724. The molecule has 3 rings (SSSR count). The highest BCUT2D eigenvalue weighted by atomic mass is 32.2. The van der Waals surface area contributed by atoms with Gasteiger partial charge in [0.25, 0.3) is 5.56 Å². The zero-order chi connectivity index (χ0) is 19.4. The van der Waals surface area contributed by atoms with Crippen molar-refractivity contribution in [3.05, 3.63) is 34.6 Å². The number of carbonyl (C=O) groups is 1. The number of hydrogen-bond donors (Lipinski definition) is 1. The van der Waals surface area contributed by atoms with Crippen molar-refractivity contribution in [2.45, 2.75) is 56.8 Å². The molecule has 0 saturated heterocycles. The maximum atomic E-state index is 12.8. The van der Waals surface area contributed by atoms with E-state index in [1.165, 1.54) is 11.8 Å². The Balaban J connectivity index is 1.80. The first kappa shape index (κ1) is 19.4. The van der Waals surface area contributed by atoms with Crippen LogP contribution in [0.5, 0.6) is 0 Å². The summed E-state index contributed by atoms with van der Waals surface area (Å²) in [5, 5.41) is 13.4. The van der Waals surface area contributed by atoms with Crippen LogP contribution in [0.3, 0.4) is 0 Å². The summed E-state index contributed by atoms with van der Waals surface area (Å²) in [5.74, 6) is 0.152. The molecule has 1 aromatic heterocycles. The highest BCUT2D eigenvalue weighted by molar-refractivity contribution is 7.99. The maximum absolute atomic E-state index is 12.8. The van der Waals surface area contributed by atoms with Crippen LogP contribution in [0.15, 0.2) is 34.2 Å². The largest absolute Gasteiger partial charge is 0.337 e. The van der Waals surface area contributed by atoms with E-state index in [9.17, 15) is 14.9 Å². The average Bonchev–Trinajstić information content (AvgIpc) is 3.51. The number of nitrogens with one attached hydrogen (secondary N) is 1. The Kier molecular flexibility index (Phi) is 5.85. The molecule has 6 nitrogen and oxygen atoms in total. The molecule has 1 atom stereocenters. The number of unbranched alkanes of at least 4 members (excludes halogenated alkanes) is 1. The first-order valence-electron chi connectivity index (χ1n) is 9.33. The van der Waals surface area contributed by atoms with E-state index in [0.717, 1.165) is 25.7 Å². The van der Waals surface area contributed by atoms with E-state index in [1.54, 1.807) is 17.6 Å². The topological polar surface area (TPSA) is 87.8 Å². The molecule has 1 aliphatic rings. The van der Waals surface area contributed by atoms with Gasteiger partial charge in [0.1, 0.15) is 5.54 Å². The molecular formula is C20H24N4O2S. The van der Waals surface area contributed by atoms with E-state index in [2.05, 4.69) is 23.3 Å². The Morgan fingerprint density at radius 2 is 2.19 bits per heavy atom. The standard InChI is InChI=1S/C20H24N4O2S/c1-3-4-11-24-18(26)15-7-5-6-8-16(15)22-19(24)27-12-17(25)23-20(2,13-21)14-9-10-14/h5-8,14H,3-4,9-12H2,1-2H3,(H,23,25). The van der Waals surface area contributed by atoms with Crippen LogP contribution in [-0.4, -0.2) is 26.8 Å². The molecule has 0 radical (unpaired) electrons. The summed E-state index contributed by atoms with van der Waals surface area (Å²) < 4.78 is 1.66. The molecule has 1 amide bonds. The number of aromatic nitrogens is 2. The zero-order valence-corrected chi connectivity index (χ0v) is 16.5. The quantitative estimate of drug-likeness (QED) is 0.558. The van der Waals surface area contributed by atoms with Crippen LogP contribution in [-0.2, 0) is 11.3 Å². The van der Waals surface area contributed by atoms with Crippen molar-refractivity contribution in [2.75, 3.05) is 5.75 Å². The molecule has 1 fully saturated rings. The number of nitriles is 1. The van der Waals surface area contributed by atoms with Gasteiger partial charge >= 0.3 is 0 Å². The Morgan fingerprint density at radius 1 is 1.44 bits per heavy atom. The molecule has 1 aliphatic carbocycles. The van der Waals surface area contributed by atoms with E-state index >= 15 is 0 Å². The van der Waals surface area contributed by atoms with Crippen LogP contribution in [0, 0.1) is 17.2 Å². The number of carbonyl (C=O) groups excluding carboxylic acids is 1. The molecule has 2 aromatic rings. The lowest BCUT2D eigenvalue weighted by molar-refractivity contribution is -0.119. The van der Waals surface area contributed by atoms with Gasteiger partial charge < -0.3 is 5.32 Å². The molecule has 1 N–H and O–H groups in total. The predicted octanol–water partition coefficient (Wildman–Crippen LogP) is 3.10. The Hall–Kier alpha value is -2.33. The van der Waals surface area contributed by atoms with Crippen LogP contribution in [0.4, 0.5) is 0 Å². The lowest BCUT2D eigenvalue weighted by atomic mass is 9.98. The van der Waals surface area contributed by atoms with Gasteiger partial charge in [-0.05, 0) is 44.2 Å². The lowest BCUT2D eigenvalue weighted by Crippen LogP contribution is -2.47. The van der Waals surface area contributed by atoms with Gasteiger partial charge in [0.15, 0.2) is 5.16 Å². The molecule has 7 heteroatoms. The minimum atomic E-state index is -0.809. The van der Waals surface area contributed by atoms with E-state index in [1.807, 2.05) is 18.2 Å². The van der Waals surface area contributed by atoms with E-state index in [0.29, 0.717) is 22.6 Å². The summed E-state index contributed by atoms with van der Waals surface area (Å²) in [4.78, 5) is 29.8. The normalized spacial score (nSPS) is 15.9. The summed E-state index contributed by atoms with van der Waals surface area (Å²) >= 11 is 1.25. The monoisotopic (exact) mass is 384 g/mol. The first-order valence-corrected chi connectivity index (χ1v) is 10.3. The third-order valence-electron chi connectivity index (χ3n) is 4.92. The molecule has 27 heavy (non-hydrogen) atoms. The van der Waals surface area contributed by atoms with Crippen molar-refractivity contribution in [3.63, 3.8) is 0 Å². The van der Waals surface area contributed by atoms with Gasteiger partial charge in [-0.1, -0.05) is 37.2 Å². The number of benzene rings is 1. The zero-order valence-electron chi connectivity index (χ0n) is 15.7. The Morgan fingerprint density at radius 3 is 2.85 bits per heavy atom. The second kappa shape index (κ2) is 8.13. The Labute approximate surface area is 163 Å². The number of thioether (sulfide) groups is 1. The number of para-hydroxylation sites is 1. The average molecular weight is 385 g/mol. The first-order chi connectivity index (χ1) is 13.0. The number of nitrogens with zero attached hydrogens (tertiary/aromatic N) is 3. The van der Waals surface area contributed by atoms with Crippen LogP contribution < -0.4 is 10.9 Å². The van der Waals surface area contributed by atoms with Gasteiger partial charge in [0, 0.05) is 6.54 Å². The SMILES string of the molecule is CCCCn1c(SCC(=O)NC(C)(C#N)C2CC2)nc2ccccc2c1=O. The van der Waals surface area contributed by atoms with Crippen LogP contribution in [0.1, 0.15) is 39.5 Å². The number of fused-ring (bicyclic) bond motifs is 1. The number of amides is 1. The third kappa shape index (κ3) is 4.33. The van der Waals surface area contributed by atoms with Crippen LogP contribution in [0.25, 0.3) is 10.9 Å². The second-order valence-electron chi connectivity index (χ2n) is 7.15. The van der Waals surface area contributed by atoms with Crippen molar-refractivity contribution in [1.82, 2.24) is 14.9 Å². The minimum Gasteiger partial charge on any atom is -0.337 e. The smallest absolute Gasteiger partial charge is 0.262 e. The maximum Gasteiger partial charge on any atom is 0.262 e. The third-order valence-corrected chi connectivity index (χ3v) is 5.90. The molecule has 0 aliphatic heterocycles. The van der Waals surface area contributed by atoms with Gasteiger partial charge in [0.2, 0.25) is 5.91 Å². The van der Waals surface area contributed by atoms with Crippen molar-refractivity contribution >= 4 is 28.6 Å². The van der Waals surface area contributed by atoms with Crippen LogP contribution in [0.2, 0.25) is 0 Å². The highest BCUT2D eigenvalue weighted by Crippen LogP contribution is 2.39. The summed E-state index contributed by atoms with van der Waals surface area (Å²) in [6, 6.07) is 9.50. The fourth-order valence-electron chi connectivity index (χ4n) is 3.11. The molecule has 0 spiro atoms. The highest BCUT2D eigenvalue weighted by Gasteiger charge is 2.42. The summed E-state index contributed by atoms with van der Waals surface area (Å²) in [6.45, 7) is 4.42. The van der Waals surface area contributed by atoms with Crippen molar-refractivity contribution in [3.8, 4) is 6.07 Å². The van der Waals surface area contributed by atoms with Crippen LogP contribution >= 0.6 is 11.8 Å². The van der Waals surface area contributed by atoms with Crippen molar-refractivity contribution < 1.29 is 4.79 Å². The van der Waals surface area contributed by atoms with Gasteiger partial charge in [0.05, 0.1) is 22.7 Å². The second-order valence-corrected chi connectivity index (χ2v) is 8.09. The van der Waals surface area contributed by atoms with E-state index in [4.69, 9.17) is 0 Å². The van der Waals surface area contributed by atoms with E-state index in [-0.39, 0.29) is 23.1 Å². The van der Waals surface area contributed by atoms with Gasteiger partial charge in [-0.25, -0.2) is 4.98 Å². The van der Waals surface area contributed by atoms with Gasteiger partial charge in [-0.3, -0.25) is 14.2 Å².